The Bertz CT molecular complexity index is 902. The quantitative estimate of drug-likeness (QED) is 0.778. The van der Waals surface area contributed by atoms with Gasteiger partial charge in [-0.3, -0.25) is 4.72 Å². The SMILES string of the molecule is CCCN1CCC(c2ccc(NS(=O)(=O)c3cccc(F)c3)cc2OC)C1. The van der Waals surface area contributed by atoms with Gasteiger partial charge in [-0.05, 0) is 55.8 Å². The summed E-state index contributed by atoms with van der Waals surface area (Å²) in [6.07, 6.45) is 2.19. The van der Waals surface area contributed by atoms with Crippen molar-refractivity contribution in [1.82, 2.24) is 4.90 Å². The number of benzene rings is 2. The highest BCUT2D eigenvalue weighted by molar-refractivity contribution is 7.92. The molecule has 1 heterocycles. The minimum atomic E-state index is -3.86. The minimum Gasteiger partial charge on any atom is -0.496 e. The van der Waals surface area contributed by atoms with E-state index in [4.69, 9.17) is 4.74 Å². The molecule has 2 aromatic rings. The van der Waals surface area contributed by atoms with Crippen LogP contribution in [0.15, 0.2) is 47.4 Å². The summed E-state index contributed by atoms with van der Waals surface area (Å²) in [4.78, 5) is 2.32. The number of nitrogens with zero attached hydrogens (tertiary/aromatic N) is 1. The van der Waals surface area contributed by atoms with Crippen molar-refractivity contribution >= 4 is 15.7 Å². The van der Waals surface area contributed by atoms with Crippen molar-refractivity contribution in [3.8, 4) is 5.75 Å². The molecule has 5 nitrogen and oxygen atoms in total. The molecule has 1 saturated heterocycles. The fourth-order valence-electron chi connectivity index (χ4n) is 3.57. The number of likely N-dealkylation sites (tertiary alicyclic amines) is 1. The summed E-state index contributed by atoms with van der Waals surface area (Å²) in [5, 5.41) is 0. The average Bonchev–Trinajstić information content (AvgIpc) is 3.10. The molecule has 0 amide bonds. The van der Waals surface area contributed by atoms with Crippen molar-refractivity contribution in [2.45, 2.75) is 30.6 Å². The first-order valence-electron chi connectivity index (χ1n) is 9.11. The fraction of sp³-hybridized carbons (Fsp3) is 0.400. The Hall–Kier alpha value is -2.12. The maximum atomic E-state index is 13.4. The van der Waals surface area contributed by atoms with Crippen LogP contribution in [0.3, 0.4) is 0 Å². The minimum absolute atomic E-state index is 0.114. The molecule has 1 fully saturated rings. The van der Waals surface area contributed by atoms with Gasteiger partial charge in [0.05, 0.1) is 17.7 Å². The Labute approximate surface area is 160 Å². The molecule has 1 aliphatic heterocycles. The molecule has 2 aromatic carbocycles. The standard InChI is InChI=1S/C20H25FN2O3S/c1-3-10-23-11-9-15(14-23)19-8-7-17(13-20(19)26-2)22-27(24,25)18-6-4-5-16(21)12-18/h4-8,12-13,15,22H,3,9-11,14H2,1-2H3. The van der Waals surface area contributed by atoms with Gasteiger partial charge in [-0.15, -0.1) is 0 Å². The van der Waals surface area contributed by atoms with Crippen LogP contribution in [0.5, 0.6) is 5.75 Å². The number of nitrogens with one attached hydrogen (secondary N) is 1. The first kappa shape index (κ1) is 19.6. The van der Waals surface area contributed by atoms with E-state index in [2.05, 4.69) is 16.5 Å². The van der Waals surface area contributed by atoms with Crippen molar-refractivity contribution in [2.75, 3.05) is 31.5 Å². The number of sulfonamides is 1. The van der Waals surface area contributed by atoms with E-state index in [1.807, 2.05) is 6.07 Å². The van der Waals surface area contributed by atoms with Crippen molar-refractivity contribution in [3.05, 3.63) is 53.8 Å². The van der Waals surface area contributed by atoms with Crippen molar-refractivity contribution < 1.29 is 17.5 Å². The van der Waals surface area contributed by atoms with Crippen LogP contribution in [0.4, 0.5) is 10.1 Å². The van der Waals surface area contributed by atoms with E-state index in [0.717, 1.165) is 44.1 Å². The van der Waals surface area contributed by atoms with Crippen LogP contribution in [0, 0.1) is 5.82 Å². The number of methoxy groups -OCH3 is 1. The summed E-state index contributed by atoms with van der Waals surface area (Å²) in [6, 6.07) is 10.3. The van der Waals surface area contributed by atoms with E-state index in [9.17, 15) is 12.8 Å². The number of hydrogen-bond donors (Lipinski definition) is 1. The number of halogens is 1. The normalized spacial score (nSPS) is 17.8. The van der Waals surface area contributed by atoms with Crippen LogP contribution in [0.25, 0.3) is 0 Å². The summed E-state index contributed by atoms with van der Waals surface area (Å²) < 4.78 is 46.3. The van der Waals surface area contributed by atoms with Crippen LogP contribution in [-0.2, 0) is 10.0 Å². The second-order valence-corrected chi connectivity index (χ2v) is 8.49. The number of ether oxygens (including phenoxy) is 1. The van der Waals surface area contributed by atoms with Crippen LogP contribution in [0.1, 0.15) is 31.2 Å². The Morgan fingerprint density at radius 1 is 1.26 bits per heavy atom. The van der Waals surface area contributed by atoms with Gasteiger partial charge in [0.15, 0.2) is 0 Å². The van der Waals surface area contributed by atoms with Gasteiger partial charge in [0.1, 0.15) is 11.6 Å². The van der Waals surface area contributed by atoms with Crippen LogP contribution in [0.2, 0.25) is 0 Å². The van der Waals surface area contributed by atoms with Crippen LogP contribution in [-0.4, -0.2) is 40.1 Å². The maximum absolute atomic E-state index is 13.4. The van der Waals surface area contributed by atoms with E-state index in [0.29, 0.717) is 17.4 Å². The zero-order valence-corrected chi connectivity index (χ0v) is 16.4. The van der Waals surface area contributed by atoms with Crippen LogP contribution < -0.4 is 9.46 Å². The highest BCUT2D eigenvalue weighted by atomic mass is 32.2. The third-order valence-electron chi connectivity index (χ3n) is 4.84. The molecule has 1 aliphatic rings. The predicted octanol–water partition coefficient (Wildman–Crippen LogP) is 3.83. The highest BCUT2D eigenvalue weighted by Gasteiger charge is 2.26. The zero-order valence-electron chi connectivity index (χ0n) is 15.6. The average molecular weight is 392 g/mol. The fourth-order valence-corrected chi connectivity index (χ4v) is 4.65. The van der Waals surface area contributed by atoms with E-state index in [-0.39, 0.29) is 4.90 Å². The third-order valence-corrected chi connectivity index (χ3v) is 6.22. The lowest BCUT2D eigenvalue weighted by Gasteiger charge is -2.18. The Morgan fingerprint density at radius 3 is 2.78 bits per heavy atom. The summed E-state index contributed by atoms with van der Waals surface area (Å²) in [5.74, 6) is 0.446. The van der Waals surface area contributed by atoms with E-state index >= 15 is 0 Å². The lowest BCUT2D eigenvalue weighted by Crippen LogP contribution is -2.21. The number of anilines is 1. The Kier molecular flexibility index (Phi) is 6.01. The highest BCUT2D eigenvalue weighted by Crippen LogP contribution is 2.35. The Morgan fingerprint density at radius 2 is 2.07 bits per heavy atom. The molecular weight excluding hydrogens is 367 g/mol. The maximum Gasteiger partial charge on any atom is 0.261 e. The van der Waals surface area contributed by atoms with Gasteiger partial charge in [-0.1, -0.05) is 19.1 Å². The lowest BCUT2D eigenvalue weighted by molar-refractivity contribution is 0.333. The molecule has 7 heteroatoms. The van der Waals surface area contributed by atoms with Gasteiger partial charge in [0, 0.05) is 18.5 Å². The summed E-state index contributed by atoms with van der Waals surface area (Å²) >= 11 is 0. The van der Waals surface area contributed by atoms with Crippen molar-refractivity contribution in [2.24, 2.45) is 0 Å². The first-order chi connectivity index (χ1) is 12.9. The van der Waals surface area contributed by atoms with Gasteiger partial charge in [0.25, 0.3) is 10.0 Å². The van der Waals surface area contributed by atoms with Gasteiger partial charge >= 0.3 is 0 Å². The molecule has 0 spiro atoms. The summed E-state index contributed by atoms with van der Waals surface area (Å²) in [7, 11) is -2.28. The molecule has 27 heavy (non-hydrogen) atoms. The van der Waals surface area contributed by atoms with E-state index in [1.54, 1.807) is 19.2 Å². The Balaban J connectivity index is 1.80. The van der Waals surface area contributed by atoms with Crippen LogP contribution >= 0.6 is 0 Å². The van der Waals surface area contributed by atoms with Gasteiger partial charge in [-0.2, -0.15) is 0 Å². The molecular formula is C20H25FN2O3S. The first-order valence-corrected chi connectivity index (χ1v) is 10.6. The van der Waals surface area contributed by atoms with E-state index in [1.165, 1.54) is 18.2 Å². The summed E-state index contributed by atoms with van der Waals surface area (Å²) in [5.41, 5.74) is 1.48. The molecule has 1 atom stereocenters. The van der Waals surface area contributed by atoms with E-state index < -0.39 is 15.8 Å². The second kappa shape index (κ2) is 8.27. The zero-order chi connectivity index (χ0) is 19.4. The second-order valence-electron chi connectivity index (χ2n) is 6.81. The van der Waals surface area contributed by atoms with Gasteiger partial charge < -0.3 is 9.64 Å². The topological polar surface area (TPSA) is 58.6 Å². The molecule has 0 aromatic heterocycles. The van der Waals surface area contributed by atoms with Crippen molar-refractivity contribution in [3.63, 3.8) is 0 Å². The molecule has 1 unspecified atom stereocenters. The molecule has 1 N–H and O–H groups in total. The predicted molar refractivity (Wildman–Crippen MR) is 104 cm³/mol. The van der Waals surface area contributed by atoms with Gasteiger partial charge in [0.2, 0.25) is 0 Å². The monoisotopic (exact) mass is 392 g/mol. The molecule has 146 valence electrons. The summed E-state index contributed by atoms with van der Waals surface area (Å²) in [6.45, 7) is 5.31. The molecule has 0 bridgehead atoms. The van der Waals surface area contributed by atoms with Crippen molar-refractivity contribution in [1.29, 1.82) is 0 Å². The molecule has 0 aliphatic carbocycles. The third kappa shape index (κ3) is 4.59. The number of rotatable bonds is 7. The number of hydrogen-bond acceptors (Lipinski definition) is 4. The largest absolute Gasteiger partial charge is 0.496 e. The lowest BCUT2D eigenvalue weighted by atomic mass is 9.97. The molecule has 0 radical (unpaired) electrons. The molecule has 3 rings (SSSR count). The molecule has 0 saturated carbocycles. The smallest absolute Gasteiger partial charge is 0.261 e. The van der Waals surface area contributed by atoms with Gasteiger partial charge in [-0.25, -0.2) is 12.8 Å².